The van der Waals surface area contributed by atoms with Crippen molar-refractivity contribution < 1.29 is 14.3 Å². The van der Waals surface area contributed by atoms with Gasteiger partial charge in [-0.2, -0.15) is 0 Å². The fourth-order valence-corrected chi connectivity index (χ4v) is 3.32. The quantitative estimate of drug-likeness (QED) is 0.375. The Kier molecular flexibility index (Phi) is 6.88. The van der Waals surface area contributed by atoms with Gasteiger partial charge in [0.25, 0.3) is 0 Å². The van der Waals surface area contributed by atoms with Gasteiger partial charge in [0.2, 0.25) is 0 Å². The van der Waals surface area contributed by atoms with Gasteiger partial charge >= 0.3 is 6.03 Å². The first-order valence-electron chi connectivity index (χ1n) is 9.98. The molecule has 0 bridgehead atoms. The van der Waals surface area contributed by atoms with Crippen LogP contribution in [0, 0.1) is 20.8 Å². The minimum Gasteiger partial charge on any atom is -0.496 e. The van der Waals surface area contributed by atoms with Crippen LogP contribution in [0.1, 0.15) is 32.6 Å². The SMILES string of the molecule is COc1c(C)cc(C=CC(=O)c2ccc(NC(=O)Nc3ccc(C)cc3)cc2)cc1C. The number of aryl methyl sites for hydroxylation is 3. The Hall–Kier alpha value is -3.86. The van der Waals surface area contributed by atoms with Crippen LogP contribution in [0.15, 0.2) is 66.7 Å². The van der Waals surface area contributed by atoms with E-state index in [1.165, 1.54) is 0 Å². The number of carbonyl (C=O) groups is 2. The van der Waals surface area contributed by atoms with Crippen LogP contribution < -0.4 is 15.4 Å². The molecule has 31 heavy (non-hydrogen) atoms. The summed E-state index contributed by atoms with van der Waals surface area (Å²) in [5.41, 5.74) is 5.97. The van der Waals surface area contributed by atoms with Gasteiger partial charge in [0.15, 0.2) is 5.78 Å². The third kappa shape index (κ3) is 5.82. The van der Waals surface area contributed by atoms with E-state index in [1.807, 2.05) is 57.2 Å². The Morgan fingerprint density at radius 2 is 1.32 bits per heavy atom. The maximum Gasteiger partial charge on any atom is 0.323 e. The molecule has 0 saturated heterocycles. The molecule has 0 spiro atoms. The number of ether oxygens (including phenoxy) is 1. The predicted molar refractivity (Wildman–Crippen MR) is 126 cm³/mol. The molecule has 0 aliphatic rings. The first-order chi connectivity index (χ1) is 14.9. The van der Waals surface area contributed by atoms with Gasteiger partial charge < -0.3 is 15.4 Å². The predicted octanol–water partition coefficient (Wildman–Crippen LogP) is 6.16. The van der Waals surface area contributed by atoms with Crippen LogP contribution in [-0.2, 0) is 0 Å². The van der Waals surface area contributed by atoms with Gasteiger partial charge in [-0.3, -0.25) is 4.79 Å². The topological polar surface area (TPSA) is 67.4 Å². The molecule has 2 amide bonds. The van der Waals surface area contributed by atoms with Crippen molar-refractivity contribution in [3.05, 3.63) is 94.6 Å². The zero-order valence-electron chi connectivity index (χ0n) is 18.2. The molecule has 0 fully saturated rings. The molecule has 0 radical (unpaired) electrons. The van der Waals surface area contributed by atoms with E-state index < -0.39 is 0 Å². The van der Waals surface area contributed by atoms with E-state index in [2.05, 4.69) is 10.6 Å². The number of hydrogen-bond donors (Lipinski definition) is 2. The molecule has 0 heterocycles. The molecule has 0 aliphatic heterocycles. The van der Waals surface area contributed by atoms with E-state index in [9.17, 15) is 9.59 Å². The maximum absolute atomic E-state index is 12.5. The lowest BCUT2D eigenvalue weighted by Crippen LogP contribution is -2.19. The first-order valence-corrected chi connectivity index (χ1v) is 9.98. The van der Waals surface area contributed by atoms with Gasteiger partial charge in [-0.05, 0) is 92.1 Å². The standard InChI is InChI=1S/C26H26N2O3/c1-17-5-10-22(11-6-17)27-26(30)28-23-12-8-21(9-13-23)24(29)14-7-20-15-18(2)25(31-4)19(3)16-20/h5-16H,1-4H3,(H2,27,28,30). The van der Waals surface area contributed by atoms with Crippen LogP contribution in [-0.4, -0.2) is 18.9 Å². The van der Waals surface area contributed by atoms with Crippen molar-refractivity contribution in [1.29, 1.82) is 0 Å². The molecule has 5 heteroatoms. The van der Waals surface area contributed by atoms with Crippen molar-refractivity contribution in [3.63, 3.8) is 0 Å². The van der Waals surface area contributed by atoms with E-state index >= 15 is 0 Å². The zero-order valence-corrected chi connectivity index (χ0v) is 18.2. The summed E-state index contributed by atoms with van der Waals surface area (Å²) < 4.78 is 5.38. The van der Waals surface area contributed by atoms with E-state index in [0.29, 0.717) is 16.9 Å². The fourth-order valence-electron chi connectivity index (χ4n) is 3.32. The summed E-state index contributed by atoms with van der Waals surface area (Å²) in [4.78, 5) is 24.6. The summed E-state index contributed by atoms with van der Waals surface area (Å²) in [7, 11) is 1.65. The Labute approximate surface area is 182 Å². The summed E-state index contributed by atoms with van der Waals surface area (Å²) in [5, 5.41) is 5.53. The Balaban J connectivity index is 1.61. The number of rotatable bonds is 6. The lowest BCUT2D eigenvalue weighted by atomic mass is 10.0. The van der Waals surface area contributed by atoms with Crippen molar-refractivity contribution >= 4 is 29.3 Å². The van der Waals surface area contributed by atoms with Crippen molar-refractivity contribution in [2.75, 3.05) is 17.7 Å². The van der Waals surface area contributed by atoms with Crippen molar-refractivity contribution in [2.24, 2.45) is 0 Å². The summed E-state index contributed by atoms with van der Waals surface area (Å²) in [6.45, 7) is 5.94. The highest BCUT2D eigenvalue weighted by Gasteiger charge is 2.07. The second-order valence-electron chi connectivity index (χ2n) is 7.41. The largest absolute Gasteiger partial charge is 0.496 e. The van der Waals surface area contributed by atoms with Crippen molar-refractivity contribution in [3.8, 4) is 5.75 Å². The number of ketones is 1. The number of urea groups is 1. The van der Waals surface area contributed by atoms with Gasteiger partial charge in [0, 0.05) is 16.9 Å². The molecule has 0 atom stereocenters. The second-order valence-corrected chi connectivity index (χ2v) is 7.41. The summed E-state index contributed by atoms with van der Waals surface area (Å²) in [5.74, 6) is 0.750. The number of hydrogen-bond acceptors (Lipinski definition) is 3. The lowest BCUT2D eigenvalue weighted by Gasteiger charge is -2.09. The molecular weight excluding hydrogens is 388 g/mol. The van der Waals surface area contributed by atoms with Crippen molar-refractivity contribution in [2.45, 2.75) is 20.8 Å². The highest BCUT2D eigenvalue weighted by Crippen LogP contribution is 2.25. The minimum atomic E-state index is -0.340. The molecule has 2 N–H and O–H groups in total. The summed E-state index contributed by atoms with van der Waals surface area (Å²) in [6.07, 6.45) is 3.34. The van der Waals surface area contributed by atoms with Crippen LogP contribution in [0.5, 0.6) is 5.75 Å². The van der Waals surface area contributed by atoms with Gasteiger partial charge in [0.05, 0.1) is 7.11 Å². The smallest absolute Gasteiger partial charge is 0.323 e. The molecule has 5 nitrogen and oxygen atoms in total. The molecule has 3 aromatic rings. The van der Waals surface area contributed by atoms with Crippen LogP contribution in [0.3, 0.4) is 0 Å². The third-order valence-corrected chi connectivity index (χ3v) is 4.85. The van der Waals surface area contributed by atoms with Gasteiger partial charge in [-0.1, -0.05) is 23.8 Å². The van der Waals surface area contributed by atoms with Crippen molar-refractivity contribution in [1.82, 2.24) is 0 Å². The van der Waals surface area contributed by atoms with E-state index in [-0.39, 0.29) is 11.8 Å². The monoisotopic (exact) mass is 414 g/mol. The van der Waals surface area contributed by atoms with Gasteiger partial charge in [-0.25, -0.2) is 4.79 Å². The number of carbonyl (C=O) groups excluding carboxylic acids is 2. The number of anilines is 2. The number of amides is 2. The Bertz CT molecular complexity index is 1090. The average Bonchev–Trinajstić information content (AvgIpc) is 2.74. The molecule has 0 aliphatic carbocycles. The molecule has 158 valence electrons. The Morgan fingerprint density at radius 1 is 0.806 bits per heavy atom. The highest BCUT2D eigenvalue weighted by molar-refractivity contribution is 6.07. The lowest BCUT2D eigenvalue weighted by molar-refractivity contribution is 0.104. The van der Waals surface area contributed by atoms with Crippen LogP contribution in [0.25, 0.3) is 6.08 Å². The van der Waals surface area contributed by atoms with Gasteiger partial charge in [-0.15, -0.1) is 0 Å². The number of methoxy groups -OCH3 is 1. The summed E-state index contributed by atoms with van der Waals surface area (Å²) >= 11 is 0. The first kappa shape index (κ1) is 21.8. The third-order valence-electron chi connectivity index (χ3n) is 4.85. The van der Waals surface area contributed by atoms with Crippen LogP contribution in [0.4, 0.5) is 16.2 Å². The number of nitrogens with one attached hydrogen (secondary N) is 2. The second kappa shape index (κ2) is 9.76. The van der Waals surface area contributed by atoms with E-state index in [4.69, 9.17) is 4.74 Å². The summed E-state index contributed by atoms with van der Waals surface area (Å²) in [6, 6.07) is 18.0. The fraction of sp³-hybridized carbons (Fsp3) is 0.154. The number of allylic oxidation sites excluding steroid dienone is 1. The molecule has 0 saturated carbocycles. The van der Waals surface area contributed by atoms with E-state index in [0.717, 1.165) is 28.0 Å². The number of benzene rings is 3. The minimum absolute atomic E-state index is 0.109. The molecule has 0 unspecified atom stereocenters. The molecular formula is C26H26N2O3. The van der Waals surface area contributed by atoms with Gasteiger partial charge in [0.1, 0.15) is 5.75 Å². The maximum atomic E-state index is 12.5. The molecule has 3 aromatic carbocycles. The van der Waals surface area contributed by atoms with E-state index in [1.54, 1.807) is 43.5 Å². The normalized spacial score (nSPS) is 10.7. The molecule has 0 aromatic heterocycles. The van der Waals surface area contributed by atoms with Crippen LogP contribution >= 0.6 is 0 Å². The zero-order chi connectivity index (χ0) is 22.4. The van der Waals surface area contributed by atoms with Crippen LogP contribution in [0.2, 0.25) is 0 Å². The molecule has 3 rings (SSSR count). The highest BCUT2D eigenvalue weighted by atomic mass is 16.5. The average molecular weight is 415 g/mol. The Morgan fingerprint density at radius 3 is 1.84 bits per heavy atom.